The first-order valence-corrected chi connectivity index (χ1v) is 1.80. The van der Waals surface area contributed by atoms with Crippen LogP contribution in [0, 0.1) is 0 Å². The van der Waals surface area contributed by atoms with Gasteiger partial charge < -0.3 is 5.11 Å². The molecule has 10 heavy (non-hydrogen) atoms. The molecule has 0 radical (unpaired) electrons. The van der Waals surface area contributed by atoms with Gasteiger partial charge in [0.05, 0.1) is 0 Å². The van der Waals surface area contributed by atoms with Crippen LogP contribution in [0.25, 0.3) is 0 Å². The van der Waals surface area contributed by atoms with Crippen molar-refractivity contribution in [1.29, 1.82) is 0 Å². The zero-order chi connectivity index (χ0) is 5.54. The molecule has 0 aliphatic rings. The molecule has 0 aliphatic carbocycles. The van der Waals surface area contributed by atoms with Gasteiger partial charge in [-0.15, -0.1) is 6.26 Å². The number of carbonyl (C=O) groups is 1. The summed E-state index contributed by atoms with van der Waals surface area (Å²) in [7, 11) is 0. The largest absolute Gasteiger partial charge is 0.878 e. The highest BCUT2D eigenvalue weighted by atomic mass is 16.2. The van der Waals surface area contributed by atoms with E-state index >= 15 is 0 Å². The van der Waals surface area contributed by atoms with Crippen molar-refractivity contribution in [2.75, 3.05) is 0 Å². The van der Waals surface area contributed by atoms with Crippen LogP contribution in [-0.2, 0) is 4.79 Å². The van der Waals surface area contributed by atoms with Crippen molar-refractivity contribution in [2.45, 2.75) is 22.3 Å². The van der Waals surface area contributed by atoms with E-state index in [-0.39, 0.29) is 22.3 Å². The third-order valence-electron chi connectivity index (χ3n) is 0.379. The van der Waals surface area contributed by atoms with Gasteiger partial charge in [0, 0.05) is 0 Å². The number of aldehydes is 1. The summed E-state index contributed by atoms with van der Waals surface area (Å²) < 4.78 is 0. The van der Waals surface area contributed by atoms with Gasteiger partial charge in [0.2, 0.25) is 0 Å². The first-order chi connectivity index (χ1) is 3.41. The van der Waals surface area contributed by atoms with Crippen molar-refractivity contribution >= 4 is 6.29 Å². The summed E-state index contributed by atoms with van der Waals surface area (Å²) in [5, 5.41) is 9.46. The Morgan fingerprint density at radius 3 is 1.70 bits per heavy atom. The smallest absolute Gasteiger partial charge is 0.142 e. The third-order valence-corrected chi connectivity index (χ3v) is 0.379. The molecule has 0 N–H and O–H groups in total. The van der Waals surface area contributed by atoms with Crippen LogP contribution in [0.15, 0.2) is 24.5 Å². The summed E-state index contributed by atoms with van der Waals surface area (Å²) in [4.78, 5) is 9.46. The minimum absolute atomic E-state index is 0. The summed E-state index contributed by atoms with van der Waals surface area (Å²) in [6.45, 7) is 0. The Morgan fingerprint density at radius 2 is 1.40 bits per heavy atom. The molecular formula is C8H17O2-. The molecule has 0 fully saturated rings. The van der Waals surface area contributed by atoms with Crippen molar-refractivity contribution in [1.82, 2.24) is 0 Å². The average Bonchev–Trinajstić information content (AvgIpc) is 1.69. The van der Waals surface area contributed by atoms with Gasteiger partial charge in [-0.2, -0.15) is 0 Å². The second-order valence-corrected chi connectivity index (χ2v) is 0.850. The lowest BCUT2D eigenvalue weighted by Crippen LogP contribution is -1.82. The Bertz CT molecular complexity index is 93.4. The zero-order valence-electron chi connectivity index (χ0n) is 3.70. The Hall–Kier alpha value is -1.05. The molecule has 0 aromatic carbocycles. The van der Waals surface area contributed by atoms with E-state index in [4.69, 9.17) is 0 Å². The fraction of sp³-hybridized carbons (Fsp3) is 0.375. The number of rotatable bonds is 2. The molecule has 0 amide bonds. The van der Waals surface area contributed by atoms with E-state index in [0.29, 0.717) is 12.5 Å². The van der Waals surface area contributed by atoms with Crippen molar-refractivity contribution in [2.24, 2.45) is 0 Å². The fourth-order valence-electron chi connectivity index (χ4n) is 0.155. The molecular weight excluding hydrogens is 128 g/mol. The maximum Gasteiger partial charge on any atom is 0.142 e. The number of hydrogen-bond donors (Lipinski definition) is 0. The molecule has 0 aliphatic heterocycles. The van der Waals surface area contributed by atoms with Crippen LogP contribution < -0.4 is 5.11 Å². The van der Waals surface area contributed by atoms with Gasteiger partial charge in [-0.05, 0) is 6.08 Å². The molecule has 0 rings (SSSR count). The predicted octanol–water partition coefficient (Wildman–Crippen LogP) is 1.52. The fourth-order valence-corrected chi connectivity index (χ4v) is 0.155. The van der Waals surface area contributed by atoms with Crippen LogP contribution in [0.2, 0.25) is 0 Å². The van der Waals surface area contributed by atoms with Crippen LogP contribution in [0.3, 0.4) is 0 Å². The number of hydrogen-bond acceptors (Lipinski definition) is 2. The van der Waals surface area contributed by atoms with Crippen LogP contribution >= 0.6 is 0 Å². The Labute approximate surface area is 63.9 Å². The Kier molecular flexibility index (Phi) is 56.8. The minimum Gasteiger partial charge on any atom is -0.878 e. The Balaban J connectivity index is -0.0000000600. The second kappa shape index (κ2) is 24.6. The first-order valence-electron chi connectivity index (χ1n) is 1.80. The maximum atomic E-state index is 9.46. The molecule has 0 saturated carbocycles. The van der Waals surface area contributed by atoms with E-state index in [1.165, 1.54) is 18.2 Å². The maximum absolute atomic E-state index is 9.46. The molecule has 0 bridgehead atoms. The van der Waals surface area contributed by atoms with E-state index in [2.05, 4.69) is 0 Å². The van der Waals surface area contributed by atoms with Crippen LogP contribution in [0.1, 0.15) is 22.3 Å². The molecule has 2 heteroatoms. The molecule has 0 aromatic rings. The summed E-state index contributed by atoms with van der Waals surface area (Å²) >= 11 is 0. The summed E-state index contributed by atoms with van der Waals surface area (Å²) in [5.41, 5.74) is 0. The quantitative estimate of drug-likeness (QED) is 0.256. The number of carbonyl (C=O) groups excluding carboxylic acids is 1. The highest BCUT2D eigenvalue weighted by Crippen LogP contribution is 1.66. The van der Waals surface area contributed by atoms with Crippen molar-refractivity contribution in [3.63, 3.8) is 0 Å². The summed E-state index contributed by atoms with van der Waals surface area (Å²) in [6.07, 6.45) is 5.09. The third kappa shape index (κ3) is 28.3. The lowest BCUT2D eigenvalue weighted by molar-refractivity contribution is -0.274. The van der Waals surface area contributed by atoms with E-state index in [1.807, 2.05) is 0 Å². The van der Waals surface area contributed by atoms with E-state index in [9.17, 15) is 9.90 Å². The van der Waals surface area contributed by atoms with E-state index in [1.54, 1.807) is 0 Å². The molecule has 0 atom stereocenters. The SMILES string of the molecule is C.C.C.O=CC=C/C=C\[O-]. The Morgan fingerprint density at radius 1 is 0.900 bits per heavy atom. The van der Waals surface area contributed by atoms with Gasteiger partial charge in [0.25, 0.3) is 0 Å². The van der Waals surface area contributed by atoms with Gasteiger partial charge in [0.15, 0.2) is 0 Å². The van der Waals surface area contributed by atoms with Crippen molar-refractivity contribution < 1.29 is 9.90 Å². The summed E-state index contributed by atoms with van der Waals surface area (Å²) in [6, 6.07) is 0. The van der Waals surface area contributed by atoms with E-state index < -0.39 is 0 Å². The standard InChI is InChI=1S/C5H6O2.3CH4/c6-4-2-1-3-5-7;;;/h1-6H;3*1H4/p-1/b3-1?,4-2-;;;. The van der Waals surface area contributed by atoms with Crippen LogP contribution in [-0.4, -0.2) is 6.29 Å². The van der Waals surface area contributed by atoms with E-state index in [0.717, 1.165) is 0 Å². The number of allylic oxidation sites excluding steroid dienone is 3. The van der Waals surface area contributed by atoms with Crippen molar-refractivity contribution in [3.8, 4) is 0 Å². The topological polar surface area (TPSA) is 40.1 Å². The van der Waals surface area contributed by atoms with Crippen LogP contribution in [0.5, 0.6) is 0 Å². The normalized spacial score (nSPS) is 7.60. The molecule has 62 valence electrons. The molecule has 0 unspecified atom stereocenters. The molecule has 0 spiro atoms. The first kappa shape index (κ1) is 23.1. The van der Waals surface area contributed by atoms with Crippen molar-refractivity contribution in [3.05, 3.63) is 24.5 Å². The van der Waals surface area contributed by atoms with Gasteiger partial charge in [0.1, 0.15) is 6.29 Å². The molecule has 0 saturated heterocycles. The lowest BCUT2D eigenvalue weighted by Gasteiger charge is -1.79. The van der Waals surface area contributed by atoms with Gasteiger partial charge in [-0.3, -0.25) is 4.79 Å². The molecule has 2 nitrogen and oxygen atoms in total. The second-order valence-electron chi connectivity index (χ2n) is 0.850. The monoisotopic (exact) mass is 145 g/mol. The summed E-state index contributed by atoms with van der Waals surface area (Å²) in [5.74, 6) is 0. The molecule has 0 aromatic heterocycles. The van der Waals surface area contributed by atoms with Crippen LogP contribution in [0.4, 0.5) is 0 Å². The average molecular weight is 145 g/mol. The van der Waals surface area contributed by atoms with Gasteiger partial charge in [-0.1, -0.05) is 34.4 Å². The van der Waals surface area contributed by atoms with Gasteiger partial charge >= 0.3 is 0 Å². The highest BCUT2D eigenvalue weighted by molar-refractivity contribution is 5.65. The predicted molar refractivity (Wildman–Crippen MR) is 44.5 cm³/mol. The van der Waals surface area contributed by atoms with Gasteiger partial charge in [-0.25, -0.2) is 0 Å². The highest BCUT2D eigenvalue weighted by Gasteiger charge is 1.53. The molecule has 0 heterocycles. The zero-order valence-corrected chi connectivity index (χ0v) is 3.70. The lowest BCUT2D eigenvalue weighted by atomic mass is 10.5. The minimum atomic E-state index is 0.